The van der Waals surface area contributed by atoms with Crippen molar-refractivity contribution in [3.63, 3.8) is 0 Å². The van der Waals surface area contributed by atoms with E-state index in [1.165, 1.54) is 16.9 Å². The number of hydrogen-bond donors (Lipinski definition) is 1. The molecular weight excluding hydrogens is 362 g/mol. The first-order valence-electron chi connectivity index (χ1n) is 10.1. The van der Waals surface area contributed by atoms with Gasteiger partial charge in [0.1, 0.15) is 0 Å². The molecule has 1 fully saturated rings. The zero-order valence-corrected chi connectivity index (χ0v) is 16.6. The minimum atomic E-state index is 0.633. The van der Waals surface area contributed by atoms with E-state index in [4.69, 9.17) is 4.98 Å². The lowest BCUT2D eigenvalue weighted by molar-refractivity contribution is 0.313. The number of likely N-dealkylation sites (N-methyl/N-ethyl adjacent to an activating group) is 1. The number of hydrogen-bond acceptors (Lipinski definition) is 7. The van der Waals surface area contributed by atoms with Crippen LogP contribution in [0.15, 0.2) is 54.7 Å². The maximum Gasteiger partial charge on any atom is 0.251 e. The molecule has 7 nitrogen and oxygen atoms in total. The molecule has 2 aliphatic rings. The van der Waals surface area contributed by atoms with Crippen molar-refractivity contribution in [2.75, 3.05) is 54.9 Å². The summed E-state index contributed by atoms with van der Waals surface area (Å²) in [4.78, 5) is 11.6. The van der Waals surface area contributed by atoms with Crippen molar-refractivity contribution in [3.8, 4) is 0 Å². The van der Waals surface area contributed by atoms with Crippen molar-refractivity contribution >= 4 is 28.8 Å². The number of para-hydroxylation sites is 1. The summed E-state index contributed by atoms with van der Waals surface area (Å²) >= 11 is 0. The molecule has 1 aromatic heterocycles. The highest BCUT2D eigenvalue weighted by Crippen LogP contribution is 2.32. The average molecular weight is 387 g/mol. The van der Waals surface area contributed by atoms with Gasteiger partial charge in [-0.25, -0.2) is 0 Å². The molecule has 0 radical (unpaired) electrons. The molecule has 0 atom stereocenters. The van der Waals surface area contributed by atoms with Crippen molar-refractivity contribution in [1.82, 2.24) is 20.1 Å². The van der Waals surface area contributed by atoms with Crippen LogP contribution in [0.3, 0.4) is 0 Å². The average Bonchev–Trinajstić information content (AvgIpc) is 3.19. The van der Waals surface area contributed by atoms with Crippen molar-refractivity contribution in [3.05, 3.63) is 60.3 Å². The van der Waals surface area contributed by atoms with E-state index < -0.39 is 0 Å². The molecule has 0 spiro atoms. The third kappa shape index (κ3) is 3.73. The van der Waals surface area contributed by atoms with E-state index in [0.717, 1.165) is 44.8 Å². The van der Waals surface area contributed by atoms with Crippen molar-refractivity contribution in [2.45, 2.75) is 6.42 Å². The summed E-state index contributed by atoms with van der Waals surface area (Å²) in [5.41, 5.74) is 4.76. The zero-order chi connectivity index (χ0) is 19.6. The zero-order valence-electron chi connectivity index (χ0n) is 16.6. The molecule has 1 N–H and O–H groups in total. The summed E-state index contributed by atoms with van der Waals surface area (Å²) in [6.07, 6.45) is 2.67. The first-order valence-corrected chi connectivity index (χ1v) is 10.1. The van der Waals surface area contributed by atoms with Crippen LogP contribution in [0.25, 0.3) is 0 Å². The monoisotopic (exact) mass is 387 g/mol. The Balaban J connectivity index is 1.30. The van der Waals surface area contributed by atoms with Gasteiger partial charge in [0.15, 0.2) is 5.82 Å². The quantitative estimate of drug-likeness (QED) is 0.738. The molecule has 2 aliphatic heterocycles. The van der Waals surface area contributed by atoms with Gasteiger partial charge in [0, 0.05) is 49.8 Å². The van der Waals surface area contributed by atoms with Crippen LogP contribution in [0.4, 0.5) is 28.8 Å². The summed E-state index contributed by atoms with van der Waals surface area (Å²) in [5, 5.41) is 11.8. The van der Waals surface area contributed by atoms with Gasteiger partial charge in [0.2, 0.25) is 0 Å². The fourth-order valence-electron chi connectivity index (χ4n) is 3.98. The predicted molar refractivity (Wildman–Crippen MR) is 116 cm³/mol. The van der Waals surface area contributed by atoms with E-state index in [1.54, 1.807) is 6.20 Å². The highest BCUT2D eigenvalue weighted by Gasteiger charge is 2.22. The summed E-state index contributed by atoms with van der Waals surface area (Å²) in [5.74, 6) is 1.33. The Morgan fingerprint density at radius 1 is 0.897 bits per heavy atom. The largest absolute Gasteiger partial charge is 0.369 e. The topological polar surface area (TPSA) is 60.4 Å². The van der Waals surface area contributed by atoms with E-state index in [2.05, 4.69) is 85.8 Å². The van der Waals surface area contributed by atoms with Crippen molar-refractivity contribution < 1.29 is 0 Å². The van der Waals surface area contributed by atoms with E-state index in [1.807, 2.05) is 0 Å². The number of nitrogens with zero attached hydrogens (tertiary/aromatic N) is 6. The van der Waals surface area contributed by atoms with Crippen molar-refractivity contribution in [1.29, 1.82) is 0 Å². The summed E-state index contributed by atoms with van der Waals surface area (Å²) in [7, 11) is 2.18. The molecule has 5 rings (SSSR count). The summed E-state index contributed by atoms with van der Waals surface area (Å²) < 4.78 is 0. The van der Waals surface area contributed by atoms with Gasteiger partial charge in [0.05, 0.1) is 6.20 Å². The van der Waals surface area contributed by atoms with E-state index in [9.17, 15) is 0 Å². The molecular formula is C22H25N7. The van der Waals surface area contributed by atoms with Gasteiger partial charge in [-0.3, -0.25) is 0 Å². The number of nitrogens with one attached hydrogen (secondary N) is 1. The lowest BCUT2D eigenvalue weighted by Gasteiger charge is -2.34. The molecule has 3 heterocycles. The maximum absolute atomic E-state index is 4.69. The smallest absolute Gasteiger partial charge is 0.251 e. The van der Waals surface area contributed by atoms with Gasteiger partial charge >= 0.3 is 0 Å². The van der Waals surface area contributed by atoms with Crippen LogP contribution in [0.2, 0.25) is 0 Å². The van der Waals surface area contributed by atoms with Crippen LogP contribution in [0.1, 0.15) is 5.56 Å². The minimum absolute atomic E-state index is 0.633. The molecule has 0 aliphatic carbocycles. The molecule has 1 saturated heterocycles. The third-order valence-electron chi connectivity index (χ3n) is 5.68. The van der Waals surface area contributed by atoms with Gasteiger partial charge in [-0.1, -0.05) is 18.2 Å². The molecule has 3 aromatic rings. The number of aromatic nitrogens is 3. The fourth-order valence-corrected chi connectivity index (χ4v) is 3.98. The van der Waals surface area contributed by atoms with Gasteiger partial charge in [0.25, 0.3) is 5.95 Å². The first-order chi connectivity index (χ1) is 14.3. The molecule has 148 valence electrons. The number of benzene rings is 2. The lowest BCUT2D eigenvalue weighted by atomic mass is 10.2. The Morgan fingerprint density at radius 3 is 2.52 bits per heavy atom. The Hall–Kier alpha value is -3.19. The molecule has 0 amide bonds. The maximum atomic E-state index is 4.69. The summed E-state index contributed by atoms with van der Waals surface area (Å²) in [6.45, 7) is 5.23. The molecule has 0 bridgehead atoms. The fraction of sp³-hybridized carbons (Fsp3) is 0.318. The highest BCUT2D eigenvalue weighted by molar-refractivity contribution is 5.67. The second kappa shape index (κ2) is 7.67. The second-order valence-corrected chi connectivity index (χ2v) is 7.63. The van der Waals surface area contributed by atoms with E-state index in [-0.39, 0.29) is 0 Å². The Kier molecular flexibility index (Phi) is 4.73. The SMILES string of the molecule is CN1CCN(c2ccc(Nc3cnnc(N4CCc5ccccc54)n3)cc2)CC1. The lowest BCUT2D eigenvalue weighted by Crippen LogP contribution is -2.44. The van der Waals surface area contributed by atoms with E-state index in [0.29, 0.717) is 11.8 Å². The molecule has 0 saturated carbocycles. The second-order valence-electron chi connectivity index (χ2n) is 7.63. The molecule has 7 heteroatoms. The van der Waals surface area contributed by atoms with Crippen molar-refractivity contribution in [2.24, 2.45) is 0 Å². The summed E-state index contributed by atoms with van der Waals surface area (Å²) in [6, 6.07) is 16.9. The van der Waals surface area contributed by atoms with Crippen LogP contribution >= 0.6 is 0 Å². The normalized spacial score (nSPS) is 16.7. The molecule has 29 heavy (non-hydrogen) atoms. The van der Waals surface area contributed by atoms with Crippen LogP contribution in [0, 0.1) is 0 Å². The Morgan fingerprint density at radius 2 is 1.69 bits per heavy atom. The number of anilines is 5. The molecule has 2 aromatic carbocycles. The highest BCUT2D eigenvalue weighted by atomic mass is 15.3. The van der Waals surface area contributed by atoms with Crippen LogP contribution < -0.4 is 15.1 Å². The van der Waals surface area contributed by atoms with Gasteiger partial charge in [-0.2, -0.15) is 10.1 Å². The Bertz CT molecular complexity index is 980. The van der Waals surface area contributed by atoms with Crippen LogP contribution in [-0.2, 0) is 6.42 Å². The first kappa shape index (κ1) is 17.9. The minimum Gasteiger partial charge on any atom is -0.369 e. The van der Waals surface area contributed by atoms with Crippen LogP contribution in [0.5, 0.6) is 0 Å². The third-order valence-corrected chi connectivity index (χ3v) is 5.68. The van der Waals surface area contributed by atoms with Gasteiger partial charge < -0.3 is 20.0 Å². The predicted octanol–water partition coefficient (Wildman–Crippen LogP) is 3.06. The number of rotatable bonds is 4. The standard InChI is InChI=1S/C22H25N7/c1-27-12-14-28(15-13-27)19-8-6-18(7-9-19)24-21-16-23-26-22(25-21)29-11-10-17-4-2-3-5-20(17)29/h2-9,16H,10-15H2,1H3,(H,24,25,26). The van der Waals surface area contributed by atoms with E-state index >= 15 is 0 Å². The number of piperazine rings is 1. The van der Waals surface area contributed by atoms with Gasteiger partial charge in [-0.15, -0.1) is 5.10 Å². The van der Waals surface area contributed by atoms with Gasteiger partial charge in [-0.05, 0) is 49.4 Å². The number of fused-ring (bicyclic) bond motifs is 1. The van der Waals surface area contributed by atoms with Crippen LogP contribution in [-0.4, -0.2) is 59.9 Å². The molecule has 0 unspecified atom stereocenters. The Labute approximate surface area is 171 Å².